The van der Waals surface area contributed by atoms with Gasteiger partial charge in [0, 0.05) is 18.7 Å². The molecule has 2 N–H and O–H groups in total. The van der Waals surface area contributed by atoms with E-state index < -0.39 is 12.0 Å². The van der Waals surface area contributed by atoms with E-state index in [9.17, 15) is 13.2 Å². The van der Waals surface area contributed by atoms with Gasteiger partial charge in [-0.1, -0.05) is 20.8 Å². The number of hydrogen-bond donors (Lipinski definition) is 2. The van der Waals surface area contributed by atoms with Gasteiger partial charge in [0.05, 0.1) is 0 Å². The number of aromatic nitrogens is 2. The Morgan fingerprint density at radius 3 is 2.29 bits per heavy atom. The second-order valence-corrected chi connectivity index (χ2v) is 5.56. The fraction of sp³-hybridized carbons (Fsp3) is 0.714. The second-order valence-electron chi connectivity index (χ2n) is 5.56. The second kappa shape index (κ2) is 7.47. The number of alkyl halides is 3. The van der Waals surface area contributed by atoms with Crippen LogP contribution in [0.2, 0.25) is 0 Å². The van der Waals surface area contributed by atoms with Gasteiger partial charge in [0.25, 0.3) is 0 Å². The number of nitrogens with zero attached hydrogens (tertiary/aromatic N) is 2. The van der Waals surface area contributed by atoms with Crippen molar-refractivity contribution in [3.8, 4) is 0 Å². The fourth-order valence-electron chi connectivity index (χ4n) is 2.01. The van der Waals surface area contributed by atoms with Crippen molar-refractivity contribution in [2.24, 2.45) is 5.92 Å². The maximum Gasteiger partial charge on any atom is 0.451 e. The molecule has 0 aromatic carbocycles. The summed E-state index contributed by atoms with van der Waals surface area (Å²) in [5.74, 6) is -0.278. The van der Waals surface area contributed by atoms with Gasteiger partial charge in [-0.2, -0.15) is 13.2 Å². The third-order valence-corrected chi connectivity index (χ3v) is 2.76. The zero-order chi connectivity index (χ0) is 16.0. The van der Waals surface area contributed by atoms with Gasteiger partial charge in [-0.25, -0.2) is 9.97 Å². The first-order valence-electron chi connectivity index (χ1n) is 7.19. The van der Waals surface area contributed by atoms with Gasteiger partial charge in [0.1, 0.15) is 11.6 Å². The van der Waals surface area contributed by atoms with Crippen LogP contribution in [0.25, 0.3) is 0 Å². The molecule has 7 heteroatoms. The summed E-state index contributed by atoms with van der Waals surface area (Å²) < 4.78 is 38.5. The molecule has 0 fully saturated rings. The molecule has 1 atom stereocenters. The minimum Gasteiger partial charge on any atom is -0.370 e. The third-order valence-electron chi connectivity index (χ3n) is 2.76. The van der Waals surface area contributed by atoms with Crippen LogP contribution in [0.3, 0.4) is 0 Å². The van der Waals surface area contributed by atoms with Crippen LogP contribution < -0.4 is 10.6 Å². The van der Waals surface area contributed by atoms with Crippen molar-refractivity contribution in [2.75, 3.05) is 17.2 Å². The molecule has 120 valence electrons. The molecule has 1 aromatic rings. The summed E-state index contributed by atoms with van der Waals surface area (Å²) >= 11 is 0. The van der Waals surface area contributed by atoms with E-state index in [0.29, 0.717) is 12.5 Å². The lowest BCUT2D eigenvalue weighted by molar-refractivity contribution is -0.144. The Labute approximate surface area is 123 Å². The van der Waals surface area contributed by atoms with Gasteiger partial charge < -0.3 is 10.6 Å². The van der Waals surface area contributed by atoms with E-state index in [1.807, 2.05) is 13.8 Å². The lowest BCUT2D eigenvalue weighted by Gasteiger charge is -2.18. The maximum atomic E-state index is 12.8. The molecule has 0 saturated heterocycles. The van der Waals surface area contributed by atoms with Crippen molar-refractivity contribution in [2.45, 2.75) is 52.8 Å². The van der Waals surface area contributed by atoms with Gasteiger partial charge in [-0.15, -0.1) is 0 Å². The summed E-state index contributed by atoms with van der Waals surface area (Å²) in [7, 11) is 0. The molecule has 4 nitrogen and oxygen atoms in total. The van der Waals surface area contributed by atoms with Crippen LogP contribution in [0.15, 0.2) is 6.07 Å². The summed E-state index contributed by atoms with van der Waals surface area (Å²) in [5, 5.41) is 5.88. The quantitative estimate of drug-likeness (QED) is 0.794. The Balaban J connectivity index is 2.95. The minimum absolute atomic E-state index is 0.0417. The molecule has 0 radical (unpaired) electrons. The summed E-state index contributed by atoms with van der Waals surface area (Å²) in [6, 6.07) is 1.56. The van der Waals surface area contributed by atoms with Crippen LogP contribution in [-0.2, 0) is 6.18 Å². The predicted molar refractivity (Wildman–Crippen MR) is 78.4 cm³/mol. The smallest absolute Gasteiger partial charge is 0.370 e. The van der Waals surface area contributed by atoms with E-state index in [1.165, 1.54) is 6.07 Å². The largest absolute Gasteiger partial charge is 0.451 e. The lowest BCUT2D eigenvalue weighted by atomic mass is 10.1. The highest BCUT2D eigenvalue weighted by atomic mass is 19.4. The standard InChI is InChI=1S/C14H23F3N4/c1-5-6-18-11-8-12(19-10(4)7-9(2)3)21-13(20-11)14(15,16)17/h8-10H,5-7H2,1-4H3,(H2,18,19,20,21). The highest BCUT2D eigenvalue weighted by Crippen LogP contribution is 2.28. The van der Waals surface area contributed by atoms with Crippen LogP contribution in [-0.4, -0.2) is 22.6 Å². The van der Waals surface area contributed by atoms with Crippen LogP contribution in [0.5, 0.6) is 0 Å². The molecule has 0 aliphatic heterocycles. The molecular formula is C14H23F3N4. The van der Waals surface area contributed by atoms with Crippen LogP contribution >= 0.6 is 0 Å². The molecule has 0 amide bonds. The van der Waals surface area contributed by atoms with E-state index in [0.717, 1.165) is 12.8 Å². The van der Waals surface area contributed by atoms with Crippen LogP contribution in [0, 0.1) is 5.92 Å². The van der Waals surface area contributed by atoms with Gasteiger partial charge in [-0.05, 0) is 25.7 Å². The Morgan fingerprint density at radius 2 is 1.76 bits per heavy atom. The average molecular weight is 304 g/mol. The molecular weight excluding hydrogens is 281 g/mol. The van der Waals surface area contributed by atoms with Crippen molar-refractivity contribution >= 4 is 11.6 Å². The predicted octanol–water partition coefficient (Wildman–Crippen LogP) is 4.16. The molecule has 1 rings (SSSR count). The van der Waals surface area contributed by atoms with Crippen molar-refractivity contribution in [3.05, 3.63) is 11.9 Å². The van der Waals surface area contributed by atoms with Crippen molar-refractivity contribution in [1.29, 1.82) is 0 Å². The lowest BCUT2D eigenvalue weighted by Crippen LogP contribution is -2.21. The molecule has 0 saturated carbocycles. The Kier molecular flexibility index (Phi) is 6.23. The third kappa shape index (κ3) is 6.18. The summed E-state index contributed by atoms with van der Waals surface area (Å²) in [4.78, 5) is 7.10. The monoisotopic (exact) mass is 304 g/mol. The zero-order valence-corrected chi connectivity index (χ0v) is 12.9. The Hall–Kier alpha value is -1.53. The van der Waals surface area contributed by atoms with Crippen molar-refractivity contribution in [3.63, 3.8) is 0 Å². The topological polar surface area (TPSA) is 49.8 Å². The molecule has 0 aliphatic rings. The fourth-order valence-corrected chi connectivity index (χ4v) is 2.01. The van der Waals surface area contributed by atoms with Crippen molar-refractivity contribution in [1.82, 2.24) is 9.97 Å². The van der Waals surface area contributed by atoms with Crippen molar-refractivity contribution < 1.29 is 13.2 Å². The minimum atomic E-state index is -4.55. The van der Waals surface area contributed by atoms with E-state index in [1.54, 1.807) is 0 Å². The summed E-state index contributed by atoms with van der Waals surface area (Å²) in [5.41, 5.74) is 0. The average Bonchev–Trinajstić information content (AvgIpc) is 2.33. The highest BCUT2D eigenvalue weighted by Gasteiger charge is 2.35. The number of rotatable bonds is 7. The molecule has 1 unspecified atom stereocenters. The van der Waals surface area contributed by atoms with Gasteiger partial charge >= 0.3 is 6.18 Å². The van der Waals surface area contributed by atoms with E-state index in [2.05, 4.69) is 34.4 Å². The van der Waals surface area contributed by atoms with E-state index in [-0.39, 0.29) is 17.7 Å². The van der Waals surface area contributed by atoms with Gasteiger partial charge in [0.2, 0.25) is 5.82 Å². The van der Waals surface area contributed by atoms with Crippen LogP contribution in [0.1, 0.15) is 46.4 Å². The SMILES string of the molecule is CCCNc1cc(NC(C)CC(C)C)nc(C(F)(F)F)n1. The number of anilines is 2. The van der Waals surface area contributed by atoms with E-state index in [4.69, 9.17) is 0 Å². The molecule has 1 heterocycles. The zero-order valence-electron chi connectivity index (χ0n) is 12.9. The number of nitrogens with one attached hydrogen (secondary N) is 2. The van der Waals surface area contributed by atoms with Gasteiger partial charge in [0.15, 0.2) is 0 Å². The first-order valence-corrected chi connectivity index (χ1v) is 7.19. The maximum absolute atomic E-state index is 12.8. The highest BCUT2D eigenvalue weighted by molar-refractivity contribution is 5.48. The normalized spacial score (nSPS) is 13.3. The van der Waals surface area contributed by atoms with Crippen LogP contribution in [0.4, 0.5) is 24.8 Å². The number of halogens is 3. The van der Waals surface area contributed by atoms with E-state index >= 15 is 0 Å². The Bertz CT molecular complexity index is 446. The summed E-state index contributed by atoms with van der Waals surface area (Å²) in [6.45, 7) is 8.55. The first-order chi connectivity index (χ1) is 9.72. The molecule has 0 spiro atoms. The molecule has 1 aromatic heterocycles. The molecule has 21 heavy (non-hydrogen) atoms. The number of hydrogen-bond acceptors (Lipinski definition) is 4. The molecule has 0 bridgehead atoms. The Morgan fingerprint density at radius 1 is 1.14 bits per heavy atom. The van der Waals surface area contributed by atoms with Gasteiger partial charge in [-0.3, -0.25) is 0 Å². The molecule has 0 aliphatic carbocycles. The first kappa shape index (κ1) is 17.5. The summed E-state index contributed by atoms with van der Waals surface area (Å²) in [6.07, 6.45) is -2.90.